The van der Waals surface area contributed by atoms with Crippen molar-refractivity contribution in [3.05, 3.63) is 47.7 Å². The summed E-state index contributed by atoms with van der Waals surface area (Å²) >= 11 is 0. The summed E-state index contributed by atoms with van der Waals surface area (Å²) in [4.78, 5) is 82.3. The number of rotatable bonds is 14. The van der Waals surface area contributed by atoms with Gasteiger partial charge in [0.1, 0.15) is 34.3 Å². The van der Waals surface area contributed by atoms with Gasteiger partial charge < -0.3 is 37.9 Å². The Labute approximate surface area is 248 Å². The van der Waals surface area contributed by atoms with Crippen molar-refractivity contribution < 1.29 is 9.90 Å². The molecule has 0 aromatic carbocycles. The lowest BCUT2D eigenvalue weighted by Gasteiger charge is -2.29. The molecule has 4 rings (SSSR count). The van der Waals surface area contributed by atoms with E-state index in [2.05, 4.69) is 35.6 Å². The zero-order chi connectivity index (χ0) is 32.1. The number of carbonyl (C=O) groups is 1. The van der Waals surface area contributed by atoms with Crippen LogP contribution in [0.5, 0.6) is 0 Å². The molecule has 0 fully saturated rings. The maximum Gasteiger partial charge on any atom is 0.351 e. The normalized spacial score (nSPS) is 12.2. The number of fused-ring (bicyclic) bond motifs is 2. The summed E-state index contributed by atoms with van der Waals surface area (Å²) in [7, 11) is 3.12. The van der Waals surface area contributed by atoms with Gasteiger partial charge in [-0.3, -0.25) is 33.4 Å². The van der Waals surface area contributed by atoms with Crippen LogP contribution in [0.2, 0.25) is 0 Å². The van der Waals surface area contributed by atoms with Crippen LogP contribution in [0.4, 0.5) is 23.4 Å². The minimum atomic E-state index is -1.12. The number of unbranched alkanes of at least 4 members (excludes halogenated alkanes) is 1. The number of carboxylic acid groups (broad SMARTS) is 1. The zero-order valence-corrected chi connectivity index (χ0v) is 24.2. The summed E-state index contributed by atoms with van der Waals surface area (Å²) in [5, 5.41) is 15.6. The number of aromatic nitrogens is 7. The van der Waals surface area contributed by atoms with Crippen molar-refractivity contribution in [2.75, 3.05) is 55.8 Å². The van der Waals surface area contributed by atoms with E-state index in [0.717, 1.165) is 4.57 Å². The lowest BCUT2D eigenvalue weighted by molar-refractivity contribution is -0.143. The first kappa shape index (κ1) is 31.6. The zero-order valence-electron chi connectivity index (χ0n) is 24.2. The average Bonchev–Trinajstić information content (AvgIpc) is 2.96. The second kappa shape index (κ2) is 13.3. The van der Waals surface area contributed by atoms with Crippen LogP contribution in [-0.2, 0) is 17.9 Å². The summed E-state index contributed by atoms with van der Waals surface area (Å²) < 4.78 is 2.37. The van der Waals surface area contributed by atoms with E-state index in [1.807, 2.05) is 0 Å². The number of anilines is 4. The van der Waals surface area contributed by atoms with Crippen LogP contribution < -0.4 is 50.3 Å². The lowest BCUT2D eigenvalue weighted by atomic mass is 10.1. The second-order valence-electron chi connectivity index (χ2n) is 9.92. The van der Waals surface area contributed by atoms with Gasteiger partial charge in [0.2, 0.25) is 5.95 Å². The number of nitrogens with one attached hydrogen (secondary N) is 4. The Hall–Kier alpha value is -5.30. The predicted octanol–water partition coefficient (Wildman–Crippen LogP) is -2.29. The minimum Gasteiger partial charge on any atom is -0.480 e. The SMILES string of the molecule is CNc1cc2c(c(N)nc(=O)n2CCN(CCn2c(=O)nc(N)c3c(=O)[nH]c(NC)nc32)[C@@H](CCCCN)C(=O)O)c(=O)[nH]1. The molecule has 19 nitrogen and oxygen atoms in total. The molecule has 0 aliphatic heterocycles. The van der Waals surface area contributed by atoms with Gasteiger partial charge in [-0.1, -0.05) is 6.42 Å². The Kier molecular flexibility index (Phi) is 9.59. The fourth-order valence-corrected chi connectivity index (χ4v) is 5.02. The molecule has 4 heterocycles. The van der Waals surface area contributed by atoms with Gasteiger partial charge in [0, 0.05) is 46.3 Å². The number of hydrogen-bond acceptors (Lipinski definition) is 14. The van der Waals surface area contributed by atoms with Crippen LogP contribution in [0.25, 0.3) is 21.9 Å². The van der Waals surface area contributed by atoms with Crippen molar-refractivity contribution in [3.8, 4) is 0 Å². The number of hydrogen-bond donors (Lipinski definition) is 8. The van der Waals surface area contributed by atoms with E-state index in [-0.39, 0.29) is 72.1 Å². The third-order valence-corrected chi connectivity index (χ3v) is 7.25. The molecule has 0 amide bonds. The van der Waals surface area contributed by atoms with E-state index in [0.29, 0.717) is 25.2 Å². The summed E-state index contributed by atoms with van der Waals surface area (Å²) in [6, 6.07) is 0.500. The highest BCUT2D eigenvalue weighted by atomic mass is 16.4. The van der Waals surface area contributed by atoms with Crippen molar-refractivity contribution in [1.29, 1.82) is 0 Å². The number of aromatic amines is 2. The Morgan fingerprint density at radius 2 is 1.55 bits per heavy atom. The highest BCUT2D eigenvalue weighted by Crippen LogP contribution is 2.17. The van der Waals surface area contributed by atoms with Crippen LogP contribution in [0.15, 0.2) is 25.2 Å². The van der Waals surface area contributed by atoms with Gasteiger partial charge in [0.25, 0.3) is 11.1 Å². The number of pyridine rings is 1. The monoisotopic (exact) mass is 613 g/mol. The largest absolute Gasteiger partial charge is 0.480 e. The quantitative estimate of drug-likeness (QED) is 0.0694. The molecule has 0 saturated carbocycles. The van der Waals surface area contributed by atoms with E-state index in [9.17, 15) is 29.1 Å². The summed E-state index contributed by atoms with van der Waals surface area (Å²) in [5.41, 5.74) is 14.9. The standard InChI is InChI=1S/C25H35N13O6/c1-29-14-11-13-15(20(39)31-14)17(27)32-24(43)37(13)9-7-36(12(22(41)42)5-3-4-6-26)8-10-38-19-16(18(28)33-25(38)44)21(40)35-23(30-2)34-19/h11-12H,3-10,26H2,1-2H3,(H,41,42)(H2,27,32,43)(H2,28,33,44)(H2,29,31,39)(H2,30,34,35,40)/t12-/m0/s1. The van der Waals surface area contributed by atoms with Crippen LogP contribution in [-0.4, -0.2) is 89.8 Å². The molecule has 4 aromatic heterocycles. The first-order chi connectivity index (χ1) is 21.0. The smallest absolute Gasteiger partial charge is 0.351 e. The molecule has 0 aliphatic carbocycles. The number of nitrogen functional groups attached to an aromatic ring is 2. The molecule has 0 bridgehead atoms. The fraction of sp³-hybridized carbons (Fsp3) is 0.440. The predicted molar refractivity (Wildman–Crippen MR) is 165 cm³/mol. The van der Waals surface area contributed by atoms with E-state index >= 15 is 0 Å². The summed E-state index contributed by atoms with van der Waals surface area (Å²) in [5.74, 6) is -1.24. The molecule has 0 unspecified atom stereocenters. The number of carboxylic acids is 1. The Balaban J connectivity index is 1.76. The first-order valence-corrected chi connectivity index (χ1v) is 13.8. The van der Waals surface area contributed by atoms with E-state index in [1.54, 1.807) is 11.9 Å². The van der Waals surface area contributed by atoms with Crippen LogP contribution in [0.3, 0.4) is 0 Å². The number of nitrogens with zero attached hydrogens (tertiary/aromatic N) is 6. The second-order valence-corrected chi connectivity index (χ2v) is 9.92. The number of aliphatic carboxylic acids is 1. The van der Waals surface area contributed by atoms with Gasteiger partial charge in [-0.05, 0) is 19.4 Å². The molecule has 11 N–H and O–H groups in total. The van der Waals surface area contributed by atoms with Crippen LogP contribution in [0, 0.1) is 0 Å². The maximum absolute atomic E-state index is 13.0. The van der Waals surface area contributed by atoms with Gasteiger partial charge in [-0.25, -0.2) is 9.59 Å². The topological polar surface area (TPSA) is 291 Å². The van der Waals surface area contributed by atoms with E-state index < -0.39 is 34.5 Å². The Bertz CT molecular complexity index is 1800. The molecule has 19 heteroatoms. The molecule has 0 spiro atoms. The van der Waals surface area contributed by atoms with Gasteiger partial charge in [0.05, 0.1) is 5.52 Å². The van der Waals surface area contributed by atoms with Crippen LogP contribution in [0.1, 0.15) is 19.3 Å². The maximum atomic E-state index is 13.0. The summed E-state index contributed by atoms with van der Waals surface area (Å²) in [6.45, 7) is 0.142. The molecule has 236 valence electrons. The van der Waals surface area contributed by atoms with Crippen molar-refractivity contribution in [2.45, 2.75) is 38.4 Å². The van der Waals surface area contributed by atoms with Crippen molar-refractivity contribution in [3.63, 3.8) is 0 Å². The molecule has 0 aliphatic rings. The molecule has 4 aromatic rings. The van der Waals surface area contributed by atoms with Crippen molar-refractivity contribution >= 4 is 51.3 Å². The average molecular weight is 614 g/mol. The Morgan fingerprint density at radius 3 is 2.16 bits per heavy atom. The van der Waals surface area contributed by atoms with Gasteiger partial charge >= 0.3 is 17.3 Å². The minimum absolute atomic E-state index is 0.00720. The van der Waals surface area contributed by atoms with Gasteiger partial charge in [-0.2, -0.15) is 15.0 Å². The number of H-pyrrole nitrogens is 2. The van der Waals surface area contributed by atoms with Crippen LogP contribution >= 0.6 is 0 Å². The third kappa shape index (κ3) is 6.37. The lowest BCUT2D eigenvalue weighted by Crippen LogP contribution is -2.46. The van der Waals surface area contributed by atoms with Gasteiger partial charge in [-0.15, -0.1) is 0 Å². The Morgan fingerprint density at radius 1 is 0.932 bits per heavy atom. The molecule has 0 saturated heterocycles. The molecular weight excluding hydrogens is 578 g/mol. The third-order valence-electron chi connectivity index (χ3n) is 7.25. The first-order valence-electron chi connectivity index (χ1n) is 13.8. The molecule has 44 heavy (non-hydrogen) atoms. The van der Waals surface area contributed by atoms with Crippen molar-refractivity contribution in [1.82, 2.24) is 39.0 Å². The molecular formula is C25H35N13O6. The van der Waals surface area contributed by atoms with Gasteiger partial charge in [0.15, 0.2) is 5.65 Å². The van der Waals surface area contributed by atoms with Crippen molar-refractivity contribution in [2.24, 2.45) is 5.73 Å². The number of nitrogens with two attached hydrogens (primary N) is 3. The molecule has 1 atom stereocenters. The summed E-state index contributed by atoms with van der Waals surface area (Å²) in [6.07, 6.45) is 1.32. The highest BCUT2D eigenvalue weighted by Gasteiger charge is 2.26. The van der Waals surface area contributed by atoms with E-state index in [4.69, 9.17) is 17.2 Å². The highest BCUT2D eigenvalue weighted by molar-refractivity contribution is 5.89. The van der Waals surface area contributed by atoms with E-state index in [1.165, 1.54) is 17.7 Å². The fourth-order valence-electron chi connectivity index (χ4n) is 5.02. The molecule has 0 radical (unpaired) electrons.